The number of aromatic nitrogens is 2. The van der Waals surface area contributed by atoms with Gasteiger partial charge in [0.2, 0.25) is 6.79 Å². The minimum absolute atomic E-state index is 0.183. The summed E-state index contributed by atoms with van der Waals surface area (Å²) in [7, 11) is 0. The maximum absolute atomic E-state index is 12.9. The Hall–Kier alpha value is -3.61. The molecule has 0 fully saturated rings. The van der Waals surface area contributed by atoms with Crippen LogP contribution in [0.15, 0.2) is 48.5 Å². The maximum Gasteiger partial charge on any atom is 0.293 e. The summed E-state index contributed by atoms with van der Waals surface area (Å²) in [6.45, 7) is 5.51. The molecule has 0 saturated heterocycles. The molecule has 1 atom stereocenters. The number of para-hydroxylation sites is 1. The van der Waals surface area contributed by atoms with Crippen LogP contribution in [-0.2, 0) is 4.79 Å². The molecule has 2 heterocycles. The van der Waals surface area contributed by atoms with Crippen LogP contribution in [0, 0.1) is 13.8 Å². The van der Waals surface area contributed by atoms with Crippen molar-refractivity contribution in [1.82, 2.24) is 15.1 Å². The summed E-state index contributed by atoms with van der Waals surface area (Å²) in [5, 5.41) is 7.21. The highest BCUT2D eigenvalue weighted by molar-refractivity contribution is 6.43. The molecule has 3 aromatic rings. The van der Waals surface area contributed by atoms with Gasteiger partial charge in [0.05, 0.1) is 28.7 Å². The van der Waals surface area contributed by atoms with Gasteiger partial charge in [0.1, 0.15) is 0 Å². The molecule has 0 spiro atoms. The van der Waals surface area contributed by atoms with E-state index in [0.29, 0.717) is 28.5 Å². The van der Waals surface area contributed by atoms with Crippen molar-refractivity contribution in [2.24, 2.45) is 0 Å². The number of ether oxygens (including phenoxy) is 2. The molecule has 1 unspecified atom stereocenters. The Labute approximate surface area is 168 Å². The Bertz CT molecular complexity index is 1090. The summed E-state index contributed by atoms with van der Waals surface area (Å²) in [4.78, 5) is 25.5. The van der Waals surface area contributed by atoms with Crippen LogP contribution in [0.5, 0.6) is 11.5 Å². The molecule has 0 radical (unpaired) electrons. The normalized spacial score (nSPS) is 13.2. The van der Waals surface area contributed by atoms with Crippen LogP contribution in [0.4, 0.5) is 0 Å². The number of nitrogens with zero attached hydrogens (tertiary/aromatic N) is 2. The SMILES string of the molecule is Cc1nn(-c2ccccc2)c(C)c1C(=O)C(=O)NC(C)c1ccc2c(c1)OCO2. The van der Waals surface area contributed by atoms with Crippen molar-refractivity contribution in [3.8, 4) is 17.2 Å². The van der Waals surface area contributed by atoms with Crippen molar-refractivity contribution < 1.29 is 19.1 Å². The van der Waals surface area contributed by atoms with Gasteiger partial charge in [-0.3, -0.25) is 9.59 Å². The predicted octanol–water partition coefficient (Wildman–Crippen LogP) is 3.28. The number of Topliss-reactive ketones (excluding diaryl/α,β-unsaturated/α-hetero) is 1. The number of ketones is 1. The fourth-order valence-corrected chi connectivity index (χ4v) is 3.43. The van der Waals surface area contributed by atoms with E-state index in [0.717, 1.165) is 11.3 Å². The number of hydrogen-bond acceptors (Lipinski definition) is 5. The van der Waals surface area contributed by atoms with Crippen LogP contribution in [0.25, 0.3) is 5.69 Å². The van der Waals surface area contributed by atoms with E-state index < -0.39 is 11.7 Å². The number of carbonyl (C=O) groups is 2. The zero-order valence-electron chi connectivity index (χ0n) is 16.4. The van der Waals surface area contributed by atoms with Crippen LogP contribution < -0.4 is 14.8 Å². The molecule has 1 aromatic heterocycles. The molecule has 148 valence electrons. The number of benzene rings is 2. The number of fused-ring (bicyclic) bond motifs is 1. The molecule has 2 aromatic carbocycles. The summed E-state index contributed by atoms with van der Waals surface area (Å²) < 4.78 is 12.4. The highest BCUT2D eigenvalue weighted by atomic mass is 16.7. The molecule has 1 amide bonds. The van der Waals surface area contributed by atoms with E-state index in [-0.39, 0.29) is 12.8 Å². The number of nitrogens with one attached hydrogen (secondary N) is 1. The number of hydrogen-bond donors (Lipinski definition) is 1. The molecule has 4 rings (SSSR count). The summed E-state index contributed by atoms with van der Waals surface area (Å²) in [5.74, 6) is 0.0254. The second kappa shape index (κ2) is 7.43. The first-order valence-corrected chi connectivity index (χ1v) is 9.32. The van der Waals surface area contributed by atoms with Crippen LogP contribution >= 0.6 is 0 Å². The molecular formula is C22H21N3O4. The first kappa shape index (κ1) is 18.7. The zero-order valence-corrected chi connectivity index (χ0v) is 16.4. The van der Waals surface area contributed by atoms with Gasteiger partial charge in [-0.25, -0.2) is 4.68 Å². The molecule has 0 saturated carbocycles. The average Bonchev–Trinajstić information content (AvgIpc) is 3.31. The molecule has 7 heteroatoms. The lowest BCUT2D eigenvalue weighted by Gasteiger charge is -2.14. The van der Waals surface area contributed by atoms with Crippen molar-refractivity contribution in [2.75, 3.05) is 6.79 Å². The van der Waals surface area contributed by atoms with E-state index in [1.165, 1.54) is 0 Å². The summed E-state index contributed by atoms with van der Waals surface area (Å²) in [6, 6.07) is 14.6. The van der Waals surface area contributed by atoms with Gasteiger partial charge in [-0.2, -0.15) is 5.10 Å². The Balaban J connectivity index is 1.54. The third-order valence-corrected chi connectivity index (χ3v) is 4.97. The Morgan fingerprint density at radius 2 is 1.79 bits per heavy atom. The predicted molar refractivity (Wildman–Crippen MR) is 106 cm³/mol. The second-order valence-corrected chi connectivity index (χ2v) is 6.93. The van der Waals surface area contributed by atoms with Crippen molar-refractivity contribution in [3.05, 3.63) is 71.0 Å². The van der Waals surface area contributed by atoms with Gasteiger partial charge in [0.15, 0.2) is 11.5 Å². The molecule has 0 bridgehead atoms. The average molecular weight is 391 g/mol. The van der Waals surface area contributed by atoms with Crippen LogP contribution in [-0.4, -0.2) is 28.3 Å². The van der Waals surface area contributed by atoms with Crippen LogP contribution in [0.2, 0.25) is 0 Å². The van der Waals surface area contributed by atoms with Crippen molar-refractivity contribution in [1.29, 1.82) is 0 Å². The van der Waals surface area contributed by atoms with Gasteiger partial charge in [0.25, 0.3) is 11.7 Å². The fraction of sp³-hybridized carbons (Fsp3) is 0.227. The van der Waals surface area contributed by atoms with E-state index >= 15 is 0 Å². The van der Waals surface area contributed by atoms with E-state index in [1.54, 1.807) is 24.6 Å². The van der Waals surface area contributed by atoms with Gasteiger partial charge in [-0.1, -0.05) is 24.3 Å². The van der Waals surface area contributed by atoms with Crippen molar-refractivity contribution in [2.45, 2.75) is 26.8 Å². The summed E-state index contributed by atoms with van der Waals surface area (Å²) in [5.41, 5.74) is 3.13. The maximum atomic E-state index is 12.9. The zero-order chi connectivity index (χ0) is 20.5. The second-order valence-electron chi connectivity index (χ2n) is 6.93. The minimum atomic E-state index is -0.672. The summed E-state index contributed by atoms with van der Waals surface area (Å²) >= 11 is 0. The van der Waals surface area contributed by atoms with E-state index in [1.807, 2.05) is 49.4 Å². The third-order valence-electron chi connectivity index (χ3n) is 4.97. The monoisotopic (exact) mass is 391 g/mol. The molecule has 29 heavy (non-hydrogen) atoms. The fourth-order valence-electron chi connectivity index (χ4n) is 3.43. The first-order valence-electron chi connectivity index (χ1n) is 9.32. The van der Waals surface area contributed by atoms with Gasteiger partial charge in [-0.05, 0) is 50.6 Å². The van der Waals surface area contributed by atoms with Crippen LogP contribution in [0.1, 0.15) is 40.3 Å². The molecule has 1 N–H and O–H groups in total. The lowest BCUT2D eigenvalue weighted by molar-refractivity contribution is -0.117. The summed E-state index contributed by atoms with van der Waals surface area (Å²) in [6.07, 6.45) is 0. The smallest absolute Gasteiger partial charge is 0.293 e. The minimum Gasteiger partial charge on any atom is -0.454 e. The van der Waals surface area contributed by atoms with Crippen molar-refractivity contribution in [3.63, 3.8) is 0 Å². The largest absolute Gasteiger partial charge is 0.454 e. The quantitative estimate of drug-likeness (QED) is 0.533. The number of amides is 1. The lowest BCUT2D eigenvalue weighted by Crippen LogP contribution is -2.33. The standard InChI is InChI=1S/C22H21N3O4/c1-13(16-9-10-18-19(11-16)29-12-28-18)23-22(27)21(26)20-14(2)24-25(15(20)3)17-7-5-4-6-8-17/h4-11,13H,12H2,1-3H3,(H,23,27). The van der Waals surface area contributed by atoms with Gasteiger partial charge in [-0.15, -0.1) is 0 Å². The molecular weight excluding hydrogens is 370 g/mol. The van der Waals surface area contributed by atoms with E-state index in [9.17, 15) is 9.59 Å². The van der Waals surface area contributed by atoms with Gasteiger partial charge in [0, 0.05) is 0 Å². The third kappa shape index (κ3) is 3.47. The Morgan fingerprint density at radius 3 is 2.55 bits per heavy atom. The van der Waals surface area contributed by atoms with E-state index in [4.69, 9.17) is 9.47 Å². The lowest BCUT2D eigenvalue weighted by atomic mass is 10.1. The van der Waals surface area contributed by atoms with Gasteiger partial charge < -0.3 is 14.8 Å². The first-order chi connectivity index (χ1) is 14.0. The molecule has 1 aliphatic heterocycles. The molecule has 1 aliphatic rings. The van der Waals surface area contributed by atoms with E-state index in [2.05, 4.69) is 10.4 Å². The van der Waals surface area contributed by atoms with Crippen molar-refractivity contribution >= 4 is 11.7 Å². The Morgan fingerprint density at radius 1 is 1.07 bits per heavy atom. The molecule has 0 aliphatic carbocycles. The topological polar surface area (TPSA) is 82.5 Å². The highest BCUT2D eigenvalue weighted by Crippen LogP contribution is 2.34. The van der Waals surface area contributed by atoms with Crippen LogP contribution in [0.3, 0.4) is 0 Å². The number of aryl methyl sites for hydroxylation is 1. The molecule has 7 nitrogen and oxygen atoms in total. The van der Waals surface area contributed by atoms with Gasteiger partial charge >= 0.3 is 0 Å². The Kier molecular flexibility index (Phi) is 4.80. The highest BCUT2D eigenvalue weighted by Gasteiger charge is 2.26. The number of carbonyl (C=O) groups excluding carboxylic acids is 2. The number of rotatable bonds is 5.